The SMILES string of the molecule is CC(CCCN(C)Cc1ccccc1)C1CCC2C3[C@H](OC(=O)CN)CC4C[C@H](OC(=O)CN)CCC4(C)[C@H]3C[C@H](OC(=O)CN)C12C. The molecule has 0 bridgehead atoms. The van der Waals surface area contributed by atoms with Crippen molar-refractivity contribution in [1.82, 2.24) is 4.90 Å². The van der Waals surface area contributed by atoms with Crippen molar-refractivity contribution in [1.29, 1.82) is 0 Å². The minimum absolute atomic E-state index is 0.0797. The molecule has 7 unspecified atom stereocenters. The third-order valence-electron chi connectivity index (χ3n) is 13.3. The van der Waals surface area contributed by atoms with Crippen LogP contribution >= 0.6 is 0 Å². The summed E-state index contributed by atoms with van der Waals surface area (Å²) in [7, 11) is 2.18. The van der Waals surface area contributed by atoms with Crippen LogP contribution in [0.3, 0.4) is 0 Å². The van der Waals surface area contributed by atoms with E-state index in [0.29, 0.717) is 31.1 Å². The lowest BCUT2D eigenvalue weighted by molar-refractivity contribution is -0.225. The Morgan fingerprint density at radius 3 is 2.23 bits per heavy atom. The topological polar surface area (TPSA) is 160 Å². The van der Waals surface area contributed by atoms with E-state index in [4.69, 9.17) is 31.4 Å². The number of hydrogen-bond donors (Lipinski definition) is 3. The molecule has 48 heavy (non-hydrogen) atoms. The quantitative estimate of drug-likeness (QED) is 0.207. The van der Waals surface area contributed by atoms with Crippen LogP contribution < -0.4 is 17.2 Å². The third kappa shape index (κ3) is 7.47. The maximum Gasteiger partial charge on any atom is 0.319 e. The number of nitrogens with two attached hydrogens (primary N) is 3. The minimum Gasteiger partial charge on any atom is -0.461 e. The van der Waals surface area contributed by atoms with Crippen molar-refractivity contribution in [2.45, 2.75) is 103 Å². The molecule has 10 nitrogen and oxygen atoms in total. The summed E-state index contributed by atoms with van der Waals surface area (Å²) in [5.41, 5.74) is 18.2. The molecule has 0 radical (unpaired) electrons. The van der Waals surface area contributed by atoms with Gasteiger partial charge in [0.15, 0.2) is 0 Å². The number of hydrogen-bond acceptors (Lipinski definition) is 10. The van der Waals surface area contributed by atoms with Crippen LogP contribution in [-0.2, 0) is 35.1 Å². The maximum absolute atomic E-state index is 12.9. The average Bonchev–Trinajstić information content (AvgIpc) is 3.43. The third-order valence-corrected chi connectivity index (χ3v) is 13.3. The van der Waals surface area contributed by atoms with Gasteiger partial charge in [0.1, 0.15) is 18.3 Å². The molecule has 1 aromatic rings. The van der Waals surface area contributed by atoms with Gasteiger partial charge in [0, 0.05) is 17.9 Å². The predicted octanol–water partition coefficient (Wildman–Crippen LogP) is 4.02. The van der Waals surface area contributed by atoms with E-state index in [1.165, 1.54) is 5.56 Å². The fourth-order valence-corrected chi connectivity index (χ4v) is 11.0. The second-order valence-corrected chi connectivity index (χ2v) is 15.9. The van der Waals surface area contributed by atoms with E-state index in [0.717, 1.165) is 51.6 Å². The average molecular weight is 669 g/mol. The number of esters is 3. The summed E-state index contributed by atoms with van der Waals surface area (Å²) in [6.45, 7) is 8.57. The first-order valence-electron chi connectivity index (χ1n) is 18.4. The Labute approximate surface area is 287 Å². The molecule has 6 N–H and O–H groups in total. The monoisotopic (exact) mass is 668 g/mol. The Morgan fingerprint density at radius 2 is 1.54 bits per heavy atom. The molecule has 0 spiro atoms. The summed E-state index contributed by atoms with van der Waals surface area (Å²) in [4.78, 5) is 40.2. The van der Waals surface area contributed by atoms with E-state index in [1.54, 1.807) is 0 Å². The van der Waals surface area contributed by atoms with Crippen LogP contribution in [-0.4, -0.2) is 74.3 Å². The second-order valence-electron chi connectivity index (χ2n) is 15.9. The van der Waals surface area contributed by atoms with Crippen LogP contribution in [0.1, 0.15) is 84.1 Å². The Hall–Kier alpha value is -2.53. The van der Waals surface area contributed by atoms with Gasteiger partial charge in [0.25, 0.3) is 0 Å². The summed E-state index contributed by atoms with van der Waals surface area (Å²) in [6, 6.07) is 10.6. The molecule has 0 saturated heterocycles. The van der Waals surface area contributed by atoms with Gasteiger partial charge in [-0.1, -0.05) is 51.1 Å². The molecule has 1 aromatic carbocycles. The summed E-state index contributed by atoms with van der Waals surface area (Å²) in [5, 5.41) is 0. The highest BCUT2D eigenvalue weighted by atomic mass is 16.6. The van der Waals surface area contributed by atoms with Crippen molar-refractivity contribution in [3.8, 4) is 0 Å². The van der Waals surface area contributed by atoms with Crippen LogP contribution in [0.25, 0.3) is 0 Å². The van der Waals surface area contributed by atoms with Gasteiger partial charge < -0.3 is 36.3 Å². The van der Waals surface area contributed by atoms with Crippen molar-refractivity contribution >= 4 is 17.9 Å². The Kier molecular flexibility index (Phi) is 11.9. The van der Waals surface area contributed by atoms with Gasteiger partial charge in [-0.25, -0.2) is 0 Å². The number of carbonyl (C=O) groups excluding carboxylic acids is 3. The molecule has 0 aromatic heterocycles. The van der Waals surface area contributed by atoms with Crippen molar-refractivity contribution < 1.29 is 28.6 Å². The van der Waals surface area contributed by atoms with E-state index < -0.39 is 0 Å². The van der Waals surface area contributed by atoms with Gasteiger partial charge in [-0.2, -0.15) is 0 Å². The standard InChI is InChI=1S/C38H60N4O6/c1-24(9-8-16-42(4)23-25-10-6-5-7-11-25)28-12-13-29-36-30(19-32(38(28,29)3)48-35(45)22-41)37(2)15-14-27(46-33(43)20-39)17-26(37)18-31(36)47-34(44)21-40/h5-7,10-11,24,26-32,36H,8-9,12-23,39-41H2,1-4H3/t24?,26?,27-,28?,29?,30+,31-,32+,36?,37?,38?/m1/s1. The van der Waals surface area contributed by atoms with Gasteiger partial charge in [-0.3, -0.25) is 14.4 Å². The van der Waals surface area contributed by atoms with Crippen LogP contribution in [0.5, 0.6) is 0 Å². The molecule has 0 amide bonds. The predicted molar refractivity (Wildman–Crippen MR) is 184 cm³/mol. The first-order chi connectivity index (χ1) is 22.9. The molecule has 11 atom stereocenters. The number of ether oxygens (including phenoxy) is 3. The molecular formula is C38H60N4O6. The largest absolute Gasteiger partial charge is 0.461 e. The molecule has 268 valence electrons. The summed E-state index contributed by atoms with van der Waals surface area (Å²) < 4.78 is 18.3. The van der Waals surface area contributed by atoms with Crippen molar-refractivity contribution in [2.24, 2.45) is 63.5 Å². The zero-order chi connectivity index (χ0) is 34.6. The van der Waals surface area contributed by atoms with E-state index in [9.17, 15) is 14.4 Å². The van der Waals surface area contributed by atoms with Crippen LogP contribution in [0, 0.1) is 46.3 Å². The lowest BCUT2D eigenvalue weighted by atomic mass is 9.43. The van der Waals surface area contributed by atoms with Crippen LogP contribution in [0.2, 0.25) is 0 Å². The number of benzene rings is 1. The van der Waals surface area contributed by atoms with E-state index >= 15 is 0 Å². The Morgan fingerprint density at radius 1 is 0.875 bits per heavy atom. The molecule has 0 heterocycles. The van der Waals surface area contributed by atoms with E-state index in [2.05, 4.69) is 63.1 Å². The highest BCUT2D eigenvalue weighted by Gasteiger charge is 2.67. The first kappa shape index (κ1) is 36.7. The number of nitrogens with zero attached hydrogens (tertiary/aromatic N) is 1. The number of fused-ring (bicyclic) bond motifs is 5. The van der Waals surface area contributed by atoms with Crippen molar-refractivity contribution in [3.05, 3.63) is 35.9 Å². The molecule has 0 aliphatic heterocycles. The van der Waals surface area contributed by atoms with Crippen molar-refractivity contribution in [2.75, 3.05) is 33.2 Å². The molecule has 5 rings (SSSR count). The fraction of sp³-hybridized carbons (Fsp3) is 0.763. The lowest BCUT2D eigenvalue weighted by Gasteiger charge is -2.64. The Bertz CT molecular complexity index is 1260. The van der Waals surface area contributed by atoms with Gasteiger partial charge in [0.2, 0.25) is 0 Å². The zero-order valence-corrected chi connectivity index (χ0v) is 29.6. The van der Waals surface area contributed by atoms with Gasteiger partial charge in [-0.05, 0) is 112 Å². The Balaban J connectivity index is 1.38. The van der Waals surface area contributed by atoms with Gasteiger partial charge in [0.05, 0.1) is 19.6 Å². The fourth-order valence-electron chi connectivity index (χ4n) is 11.0. The smallest absolute Gasteiger partial charge is 0.319 e. The number of carbonyl (C=O) groups is 3. The van der Waals surface area contributed by atoms with Crippen LogP contribution in [0.15, 0.2) is 30.3 Å². The zero-order valence-electron chi connectivity index (χ0n) is 29.6. The summed E-state index contributed by atoms with van der Waals surface area (Å²) in [5.74, 6) is 0.375. The summed E-state index contributed by atoms with van der Waals surface area (Å²) in [6.07, 6.45) is 7.26. The summed E-state index contributed by atoms with van der Waals surface area (Å²) >= 11 is 0. The maximum atomic E-state index is 12.9. The molecule has 4 saturated carbocycles. The second kappa shape index (κ2) is 15.6. The first-order valence-corrected chi connectivity index (χ1v) is 18.4. The minimum atomic E-state index is -0.389. The highest BCUT2D eigenvalue weighted by Crippen LogP contribution is 2.69. The van der Waals surface area contributed by atoms with Crippen LogP contribution in [0.4, 0.5) is 0 Å². The molecule has 4 aliphatic rings. The van der Waals surface area contributed by atoms with E-state index in [1.807, 2.05) is 0 Å². The molecule has 4 fully saturated rings. The van der Waals surface area contributed by atoms with Gasteiger partial charge >= 0.3 is 17.9 Å². The lowest BCUT2D eigenvalue weighted by Crippen LogP contribution is -2.63. The van der Waals surface area contributed by atoms with E-state index in [-0.39, 0.29) is 90.4 Å². The molecule has 4 aliphatic carbocycles. The molecular weight excluding hydrogens is 608 g/mol. The van der Waals surface area contributed by atoms with Gasteiger partial charge in [-0.15, -0.1) is 0 Å². The van der Waals surface area contributed by atoms with Crippen molar-refractivity contribution in [3.63, 3.8) is 0 Å². The molecule has 10 heteroatoms. The normalized spacial score (nSPS) is 36.3. The highest BCUT2D eigenvalue weighted by molar-refractivity contribution is 5.72. The number of rotatable bonds is 13.